The quantitative estimate of drug-likeness (QED) is 0.845. The van der Waals surface area contributed by atoms with Crippen molar-refractivity contribution in [2.24, 2.45) is 5.73 Å². The van der Waals surface area contributed by atoms with E-state index in [2.05, 4.69) is 10.1 Å². The molecular weight excluding hydrogens is 339 g/mol. The second-order valence-corrected chi connectivity index (χ2v) is 4.94. The Morgan fingerprint density at radius 2 is 2.17 bits per heavy atom. The fraction of sp³-hybridized carbons (Fsp3) is 0.400. The van der Waals surface area contributed by atoms with Crippen LogP contribution < -0.4 is 5.73 Å². The minimum Gasteiger partial charge on any atom is -0.461 e. The van der Waals surface area contributed by atoms with E-state index < -0.39 is 0 Å². The molecule has 1 aliphatic rings. The Hall–Kier alpha value is -1.63. The Labute approximate surface area is 147 Å². The molecule has 0 unspecified atom stereocenters. The molecule has 0 radical (unpaired) electrons. The summed E-state index contributed by atoms with van der Waals surface area (Å²) < 4.78 is 6.85. The number of pyridine rings is 1. The Bertz CT molecular complexity index is 688. The fourth-order valence-corrected chi connectivity index (χ4v) is 2.78. The summed E-state index contributed by atoms with van der Waals surface area (Å²) >= 11 is 0. The molecule has 0 atom stereocenters. The van der Waals surface area contributed by atoms with Crippen LogP contribution in [0.4, 0.5) is 0 Å². The molecule has 126 valence electrons. The van der Waals surface area contributed by atoms with Crippen molar-refractivity contribution in [3.63, 3.8) is 0 Å². The number of carbonyl (C=O) groups is 1. The first kappa shape index (κ1) is 19.4. The molecule has 0 bridgehead atoms. The summed E-state index contributed by atoms with van der Waals surface area (Å²) in [5, 5.41) is 4.59. The van der Waals surface area contributed by atoms with Crippen molar-refractivity contribution in [2.45, 2.75) is 26.3 Å². The van der Waals surface area contributed by atoms with Crippen LogP contribution in [-0.2, 0) is 24.1 Å². The molecule has 0 spiro atoms. The van der Waals surface area contributed by atoms with Crippen molar-refractivity contribution in [1.29, 1.82) is 0 Å². The Kier molecular flexibility index (Phi) is 7.00. The molecular formula is C15H20Cl2N4O2. The molecule has 0 saturated carbocycles. The minimum atomic E-state index is -0.322. The highest BCUT2D eigenvalue weighted by Gasteiger charge is 2.28. The molecule has 2 aromatic heterocycles. The summed E-state index contributed by atoms with van der Waals surface area (Å²) in [7, 11) is 0. The third kappa shape index (κ3) is 3.49. The smallest absolute Gasteiger partial charge is 0.356 e. The maximum Gasteiger partial charge on any atom is 0.356 e. The summed E-state index contributed by atoms with van der Waals surface area (Å²) in [6.07, 6.45) is 5.24. The van der Waals surface area contributed by atoms with Crippen molar-refractivity contribution in [3.05, 3.63) is 35.3 Å². The highest BCUT2D eigenvalue weighted by molar-refractivity contribution is 5.92. The zero-order chi connectivity index (χ0) is 14.8. The fourth-order valence-electron chi connectivity index (χ4n) is 2.78. The number of hydrogen-bond acceptors (Lipinski definition) is 5. The van der Waals surface area contributed by atoms with Crippen LogP contribution in [0.2, 0.25) is 0 Å². The molecule has 0 aromatic carbocycles. The predicted octanol–water partition coefficient (Wildman–Crippen LogP) is 2.02. The lowest BCUT2D eigenvalue weighted by Gasteiger charge is -2.14. The number of halogens is 2. The molecule has 0 aliphatic heterocycles. The second-order valence-electron chi connectivity index (χ2n) is 4.94. The largest absolute Gasteiger partial charge is 0.461 e. The van der Waals surface area contributed by atoms with Gasteiger partial charge in [0, 0.05) is 30.1 Å². The zero-order valence-electron chi connectivity index (χ0n) is 12.8. The third-order valence-electron chi connectivity index (χ3n) is 3.66. The topological polar surface area (TPSA) is 83.0 Å². The van der Waals surface area contributed by atoms with Crippen LogP contribution in [0.3, 0.4) is 0 Å². The van der Waals surface area contributed by atoms with Crippen LogP contribution in [-0.4, -0.2) is 33.9 Å². The number of aromatic nitrogens is 3. The molecule has 0 saturated heterocycles. The predicted molar refractivity (Wildman–Crippen MR) is 92.4 cm³/mol. The van der Waals surface area contributed by atoms with Crippen LogP contribution in [0.15, 0.2) is 18.5 Å². The maximum absolute atomic E-state index is 12.2. The number of hydrogen-bond donors (Lipinski definition) is 1. The molecule has 6 nitrogen and oxygen atoms in total. The first-order valence-electron chi connectivity index (χ1n) is 7.16. The van der Waals surface area contributed by atoms with Gasteiger partial charge in [-0.25, -0.2) is 4.79 Å². The first-order chi connectivity index (χ1) is 10.3. The number of esters is 1. The van der Waals surface area contributed by atoms with Gasteiger partial charge in [-0.1, -0.05) is 0 Å². The minimum absolute atomic E-state index is 0. The van der Waals surface area contributed by atoms with Crippen molar-refractivity contribution in [2.75, 3.05) is 13.2 Å². The molecule has 3 rings (SSSR count). The van der Waals surface area contributed by atoms with Crippen LogP contribution >= 0.6 is 24.8 Å². The van der Waals surface area contributed by atoms with Crippen molar-refractivity contribution in [1.82, 2.24) is 14.8 Å². The first-order valence-corrected chi connectivity index (χ1v) is 7.16. The second kappa shape index (κ2) is 8.29. The monoisotopic (exact) mass is 358 g/mol. The van der Waals surface area contributed by atoms with Gasteiger partial charge in [0.05, 0.1) is 18.8 Å². The molecule has 2 N–H and O–H groups in total. The standard InChI is InChI=1S/C15H18N4O2.2ClH/c1-2-21-15(20)14-12-4-3-10-9-17-7-5-11(10)13(12)18-19(14)8-6-16;;/h5,7,9H,2-4,6,8,16H2,1H3;2*1H. The third-order valence-corrected chi connectivity index (χ3v) is 3.66. The molecule has 1 aliphatic carbocycles. The van der Waals surface area contributed by atoms with E-state index in [-0.39, 0.29) is 30.8 Å². The van der Waals surface area contributed by atoms with E-state index in [1.165, 1.54) is 0 Å². The Morgan fingerprint density at radius 1 is 1.39 bits per heavy atom. The van der Waals surface area contributed by atoms with Crippen molar-refractivity contribution < 1.29 is 9.53 Å². The lowest BCUT2D eigenvalue weighted by atomic mass is 9.90. The van der Waals surface area contributed by atoms with Gasteiger partial charge >= 0.3 is 5.97 Å². The Morgan fingerprint density at radius 3 is 2.87 bits per heavy atom. The summed E-state index contributed by atoms with van der Waals surface area (Å²) in [4.78, 5) is 16.4. The zero-order valence-corrected chi connectivity index (χ0v) is 14.5. The van der Waals surface area contributed by atoms with Gasteiger partial charge in [-0.2, -0.15) is 5.10 Å². The van der Waals surface area contributed by atoms with Gasteiger partial charge in [-0.05, 0) is 31.4 Å². The number of fused-ring (bicyclic) bond motifs is 3. The summed E-state index contributed by atoms with van der Waals surface area (Å²) in [6, 6.07) is 1.95. The van der Waals surface area contributed by atoms with Crippen LogP contribution in [0.1, 0.15) is 28.5 Å². The Balaban J connectivity index is 0.00000132. The molecule has 0 fully saturated rings. The van der Waals surface area contributed by atoms with Crippen LogP contribution in [0.25, 0.3) is 11.3 Å². The average molecular weight is 359 g/mol. The number of nitrogens with zero attached hydrogens (tertiary/aromatic N) is 3. The van der Waals surface area contributed by atoms with E-state index in [9.17, 15) is 4.79 Å². The average Bonchev–Trinajstić information content (AvgIpc) is 2.86. The van der Waals surface area contributed by atoms with Crippen LogP contribution in [0.5, 0.6) is 0 Å². The molecule has 2 aromatic rings. The van der Waals surface area contributed by atoms with Crippen molar-refractivity contribution in [3.8, 4) is 11.3 Å². The highest BCUT2D eigenvalue weighted by atomic mass is 35.5. The lowest BCUT2D eigenvalue weighted by molar-refractivity contribution is 0.0510. The highest BCUT2D eigenvalue weighted by Crippen LogP contribution is 2.34. The molecule has 2 heterocycles. The number of rotatable bonds is 4. The lowest BCUT2D eigenvalue weighted by Crippen LogP contribution is -2.19. The summed E-state index contributed by atoms with van der Waals surface area (Å²) in [5.41, 5.74) is 10.2. The van der Waals surface area contributed by atoms with Gasteiger partial charge in [-0.3, -0.25) is 9.67 Å². The maximum atomic E-state index is 12.2. The van der Waals surface area contributed by atoms with E-state index >= 15 is 0 Å². The molecule has 0 amide bonds. The van der Waals surface area contributed by atoms with Gasteiger partial charge < -0.3 is 10.5 Å². The van der Waals surface area contributed by atoms with Gasteiger partial charge in [-0.15, -0.1) is 24.8 Å². The van der Waals surface area contributed by atoms with E-state index in [1.54, 1.807) is 17.8 Å². The molecule has 23 heavy (non-hydrogen) atoms. The SMILES string of the molecule is CCOC(=O)c1c2c(nn1CCN)-c1ccncc1CC2.Cl.Cl. The van der Waals surface area contributed by atoms with Gasteiger partial charge in [0.2, 0.25) is 0 Å². The van der Waals surface area contributed by atoms with Gasteiger partial charge in [0.25, 0.3) is 0 Å². The van der Waals surface area contributed by atoms with Crippen molar-refractivity contribution >= 4 is 30.8 Å². The van der Waals surface area contributed by atoms with Gasteiger partial charge in [0.1, 0.15) is 5.69 Å². The number of nitrogens with two attached hydrogens (primary N) is 1. The summed E-state index contributed by atoms with van der Waals surface area (Å²) in [5.74, 6) is -0.322. The number of ether oxygens (including phenoxy) is 1. The summed E-state index contributed by atoms with van der Waals surface area (Å²) in [6.45, 7) is 3.08. The van der Waals surface area contributed by atoms with Gasteiger partial charge in [0.15, 0.2) is 0 Å². The van der Waals surface area contributed by atoms with E-state index in [1.807, 2.05) is 12.3 Å². The van der Waals surface area contributed by atoms with E-state index in [4.69, 9.17) is 10.5 Å². The molecule has 8 heteroatoms. The van der Waals surface area contributed by atoms with E-state index in [0.29, 0.717) is 25.4 Å². The van der Waals surface area contributed by atoms with Crippen LogP contribution in [0, 0.1) is 0 Å². The number of carbonyl (C=O) groups excluding carboxylic acids is 1. The van der Waals surface area contributed by atoms with E-state index in [0.717, 1.165) is 35.2 Å². The number of aryl methyl sites for hydroxylation is 1. The normalized spacial score (nSPS) is 11.6.